The van der Waals surface area contributed by atoms with Crippen LogP contribution in [0.25, 0.3) is 0 Å². The number of hydrogen-bond donors (Lipinski definition) is 0. The number of thiophene rings is 1. The molecule has 0 aliphatic carbocycles. The summed E-state index contributed by atoms with van der Waals surface area (Å²) in [7, 11) is -2.03. The Morgan fingerprint density at radius 3 is 2.79 bits per heavy atom. The Kier molecular flexibility index (Phi) is 6.42. The highest BCUT2D eigenvalue weighted by Crippen LogP contribution is 2.38. The second kappa shape index (κ2) is 8.63. The van der Waals surface area contributed by atoms with Crippen molar-refractivity contribution in [2.45, 2.75) is 30.4 Å². The van der Waals surface area contributed by atoms with Gasteiger partial charge in [-0.15, -0.1) is 11.3 Å². The smallest absolute Gasteiger partial charge is 0.313 e. The summed E-state index contributed by atoms with van der Waals surface area (Å²) < 4.78 is 38.5. The number of piperidine rings is 1. The van der Waals surface area contributed by atoms with Crippen LogP contribution in [0.3, 0.4) is 0 Å². The molecule has 1 saturated heterocycles. The first-order chi connectivity index (χ1) is 13.4. The van der Waals surface area contributed by atoms with E-state index in [-0.39, 0.29) is 19.1 Å². The van der Waals surface area contributed by atoms with Gasteiger partial charge in [-0.25, -0.2) is 8.42 Å². The van der Waals surface area contributed by atoms with E-state index in [9.17, 15) is 13.2 Å². The Hall–Kier alpha value is -1.90. The molecule has 1 aromatic heterocycles. The zero-order valence-corrected chi connectivity index (χ0v) is 17.7. The minimum absolute atomic E-state index is 0.114. The van der Waals surface area contributed by atoms with Gasteiger partial charge in [0.15, 0.2) is 0 Å². The van der Waals surface area contributed by atoms with Gasteiger partial charge in [-0.1, -0.05) is 18.2 Å². The first kappa shape index (κ1) is 20.8. The molecule has 0 N–H and O–H groups in total. The number of hydrogen-bond acceptors (Lipinski definition) is 6. The van der Waals surface area contributed by atoms with Crippen LogP contribution < -0.4 is 4.74 Å². The largest absolute Gasteiger partial charge is 0.497 e. The first-order valence-corrected chi connectivity index (χ1v) is 11.6. The van der Waals surface area contributed by atoms with E-state index in [1.807, 2.05) is 24.3 Å². The molecule has 1 aromatic carbocycles. The Balaban J connectivity index is 1.93. The topological polar surface area (TPSA) is 72.9 Å². The molecule has 1 fully saturated rings. The number of esters is 1. The zero-order chi connectivity index (χ0) is 20.2. The molecule has 0 radical (unpaired) electrons. The Bertz CT molecular complexity index is 910. The molecule has 2 heterocycles. The Morgan fingerprint density at radius 2 is 2.11 bits per heavy atom. The van der Waals surface area contributed by atoms with Gasteiger partial charge in [0.05, 0.1) is 19.1 Å². The quantitative estimate of drug-likeness (QED) is 0.639. The number of ether oxygens (including phenoxy) is 2. The molecule has 0 amide bonds. The molecule has 0 unspecified atom stereocenters. The molecule has 1 atom stereocenters. The van der Waals surface area contributed by atoms with E-state index < -0.39 is 15.4 Å². The summed E-state index contributed by atoms with van der Waals surface area (Å²) >= 11 is 1.19. The number of rotatable bonds is 7. The van der Waals surface area contributed by atoms with Gasteiger partial charge in [0, 0.05) is 13.1 Å². The summed E-state index contributed by atoms with van der Waals surface area (Å²) in [5.74, 6) is 0.360. The predicted octanol–water partition coefficient (Wildman–Crippen LogP) is 3.33. The molecule has 152 valence electrons. The molecule has 28 heavy (non-hydrogen) atoms. The van der Waals surface area contributed by atoms with E-state index in [4.69, 9.17) is 9.47 Å². The maximum Gasteiger partial charge on any atom is 0.313 e. The highest BCUT2D eigenvalue weighted by atomic mass is 32.2. The van der Waals surface area contributed by atoms with Crippen molar-refractivity contribution in [2.24, 2.45) is 5.41 Å². The van der Waals surface area contributed by atoms with Crippen molar-refractivity contribution in [1.29, 1.82) is 0 Å². The lowest BCUT2D eigenvalue weighted by Crippen LogP contribution is -2.51. The van der Waals surface area contributed by atoms with Gasteiger partial charge in [0.1, 0.15) is 9.96 Å². The number of sulfonamides is 1. The van der Waals surface area contributed by atoms with Gasteiger partial charge in [0.2, 0.25) is 0 Å². The van der Waals surface area contributed by atoms with E-state index in [1.165, 1.54) is 15.6 Å². The van der Waals surface area contributed by atoms with Gasteiger partial charge >= 0.3 is 5.97 Å². The second-order valence-electron chi connectivity index (χ2n) is 6.90. The highest BCUT2D eigenvalue weighted by molar-refractivity contribution is 7.91. The van der Waals surface area contributed by atoms with E-state index in [0.29, 0.717) is 35.8 Å². The third-order valence-corrected chi connectivity index (χ3v) is 8.23. The molecular weight excluding hydrogens is 398 g/mol. The van der Waals surface area contributed by atoms with Crippen LogP contribution in [0, 0.1) is 5.41 Å². The summed E-state index contributed by atoms with van der Waals surface area (Å²) in [5, 5.41) is 1.74. The van der Waals surface area contributed by atoms with Crippen molar-refractivity contribution in [3.63, 3.8) is 0 Å². The molecule has 3 rings (SSSR count). The van der Waals surface area contributed by atoms with Gasteiger partial charge in [-0.2, -0.15) is 4.31 Å². The van der Waals surface area contributed by atoms with E-state index >= 15 is 0 Å². The van der Waals surface area contributed by atoms with Gasteiger partial charge < -0.3 is 9.47 Å². The van der Waals surface area contributed by atoms with Crippen LogP contribution in [0.1, 0.15) is 25.3 Å². The van der Waals surface area contributed by atoms with Crippen molar-refractivity contribution in [3.8, 4) is 5.75 Å². The monoisotopic (exact) mass is 423 g/mol. The number of methoxy groups -OCH3 is 1. The van der Waals surface area contributed by atoms with E-state index in [2.05, 4.69) is 0 Å². The fourth-order valence-corrected chi connectivity index (χ4v) is 6.38. The maximum absolute atomic E-state index is 13.0. The lowest BCUT2D eigenvalue weighted by Gasteiger charge is -2.40. The molecule has 1 aliphatic rings. The molecule has 0 bridgehead atoms. The van der Waals surface area contributed by atoms with Crippen LogP contribution >= 0.6 is 11.3 Å². The van der Waals surface area contributed by atoms with Crippen molar-refractivity contribution < 1.29 is 22.7 Å². The summed E-state index contributed by atoms with van der Waals surface area (Å²) in [4.78, 5) is 13.0. The standard InChI is InChI=1S/C20H25NO5S2/c1-3-26-19(22)20(14-16-7-4-8-17(13-16)25-2)10-6-11-21(15-20)28(23,24)18-9-5-12-27-18/h4-5,7-9,12-13H,3,6,10-11,14-15H2,1-2H3/t20-/m1/s1. The fourth-order valence-electron chi connectivity index (χ4n) is 3.67. The van der Waals surface area contributed by atoms with Crippen LogP contribution in [0.15, 0.2) is 46.0 Å². The van der Waals surface area contributed by atoms with E-state index in [0.717, 1.165) is 5.56 Å². The molecular formula is C20H25NO5S2. The molecule has 2 aromatic rings. The summed E-state index contributed by atoms with van der Waals surface area (Å²) in [6.45, 7) is 2.54. The lowest BCUT2D eigenvalue weighted by molar-refractivity contribution is -0.157. The first-order valence-electron chi connectivity index (χ1n) is 9.25. The SMILES string of the molecule is CCOC(=O)[C@@]1(Cc2cccc(OC)c2)CCCN(S(=O)(=O)c2cccs2)C1. The second-order valence-corrected chi connectivity index (χ2v) is 10.0. The molecule has 0 saturated carbocycles. The molecule has 6 nitrogen and oxygen atoms in total. The number of benzene rings is 1. The highest BCUT2D eigenvalue weighted by Gasteiger charge is 2.46. The van der Waals surface area contributed by atoms with Crippen LogP contribution in [0.5, 0.6) is 5.75 Å². The zero-order valence-electron chi connectivity index (χ0n) is 16.1. The van der Waals surface area contributed by atoms with Crippen LogP contribution in [0.4, 0.5) is 0 Å². The van der Waals surface area contributed by atoms with Gasteiger partial charge in [-0.05, 0) is 55.3 Å². The average Bonchev–Trinajstić information content (AvgIpc) is 3.24. The van der Waals surface area contributed by atoms with E-state index in [1.54, 1.807) is 31.5 Å². The van der Waals surface area contributed by atoms with Gasteiger partial charge in [-0.3, -0.25) is 4.79 Å². The minimum Gasteiger partial charge on any atom is -0.497 e. The van der Waals surface area contributed by atoms with Crippen LogP contribution in [0.2, 0.25) is 0 Å². The number of nitrogens with zero attached hydrogens (tertiary/aromatic N) is 1. The average molecular weight is 424 g/mol. The van der Waals surface area contributed by atoms with Crippen LogP contribution in [-0.2, 0) is 26.0 Å². The Labute approximate surface area is 170 Å². The molecule has 0 spiro atoms. The van der Waals surface area contributed by atoms with Crippen molar-refractivity contribution in [1.82, 2.24) is 4.31 Å². The molecule has 8 heteroatoms. The molecule has 1 aliphatic heterocycles. The van der Waals surface area contributed by atoms with Crippen molar-refractivity contribution in [3.05, 3.63) is 47.3 Å². The Morgan fingerprint density at radius 1 is 1.29 bits per heavy atom. The van der Waals surface area contributed by atoms with Gasteiger partial charge in [0.25, 0.3) is 10.0 Å². The third-order valence-electron chi connectivity index (χ3n) is 5.02. The normalized spacial score (nSPS) is 20.6. The summed E-state index contributed by atoms with van der Waals surface area (Å²) in [5.41, 5.74) is 0.00748. The number of carbonyl (C=O) groups excluding carboxylic acids is 1. The lowest BCUT2D eigenvalue weighted by atomic mass is 9.75. The van der Waals surface area contributed by atoms with Crippen molar-refractivity contribution >= 4 is 27.3 Å². The predicted molar refractivity (Wildman–Crippen MR) is 108 cm³/mol. The summed E-state index contributed by atoms with van der Waals surface area (Å²) in [6, 6.07) is 10.8. The van der Waals surface area contributed by atoms with Crippen molar-refractivity contribution in [2.75, 3.05) is 26.8 Å². The maximum atomic E-state index is 13.0. The summed E-state index contributed by atoms with van der Waals surface area (Å²) in [6.07, 6.45) is 1.59. The minimum atomic E-state index is -3.62. The number of carbonyl (C=O) groups is 1. The van der Waals surface area contributed by atoms with Crippen LogP contribution in [-0.4, -0.2) is 45.5 Å². The third kappa shape index (κ3) is 4.24. The fraction of sp³-hybridized carbons (Fsp3) is 0.450.